The molecular formula is C11H25ClN2O. The minimum atomic E-state index is -0.0426. The topological polar surface area (TPSA) is 41.1 Å². The minimum Gasteiger partial charge on any atom is -0.351 e. The van der Waals surface area contributed by atoms with Crippen molar-refractivity contribution in [2.75, 3.05) is 13.6 Å². The number of hydrogen-bond acceptors (Lipinski definition) is 2. The van der Waals surface area contributed by atoms with Gasteiger partial charge in [-0.25, -0.2) is 0 Å². The van der Waals surface area contributed by atoms with Crippen molar-refractivity contribution in [3.05, 3.63) is 0 Å². The number of carbonyl (C=O) groups excluding carboxylic acids is 1. The van der Waals surface area contributed by atoms with Crippen molar-refractivity contribution in [1.82, 2.24) is 10.6 Å². The van der Waals surface area contributed by atoms with Crippen LogP contribution in [-0.4, -0.2) is 25.0 Å². The Balaban J connectivity index is 0. The van der Waals surface area contributed by atoms with Gasteiger partial charge in [-0.15, -0.1) is 12.4 Å². The van der Waals surface area contributed by atoms with E-state index in [2.05, 4.69) is 31.4 Å². The van der Waals surface area contributed by atoms with Crippen LogP contribution in [0.3, 0.4) is 0 Å². The van der Waals surface area contributed by atoms with Gasteiger partial charge in [0.1, 0.15) is 0 Å². The summed E-state index contributed by atoms with van der Waals surface area (Å²) in [5, 5.41) is 6.11. The van der Waals surface area contributed by atoms with Gasteiger partial charge in [0.15, 0.2) is 0 Å². The summed E-state index contributed by atoms with van der Waals surface area (Å²) in [7, 11) is 1.86. The molecule has 0 saturated heterocycles. The summed E-state index contributed by atoms with van der Waals surface area (Å²) in [4.78, 5) is 11.7. The number of amides is 1. The number of rotatable bonds is 6. The second-order valence-corrected chi connectivity index (χ2v) is 4.22. The van der Waals surface area contributed by atoms with Crippen molar-refractivity contribution >= 4 is 18.3 Å². The summed E-state index contributed by atoms with van der Waals surface area (Å²) in [6.45, 7) is 8.98. The van der Waals surface area contributed by atoms with E-state index in [-0.39, 0.29) is 29.8 Å². The Kier molecular flexibility index (Phi) is 9.07. The first kappa shape index (κ1) is 17.1. The van der Waals surface area contributed by atoms with E-state index in [1.54, 1.807) is 0 Å². The van der Waals surface area contributed by atoms with Gasteiger partial charge in [-0.3, -0.25) is 4.79 Å². The first-order chi connectivity index (χ1) is 6.49. The van der Waals surface area contributed by atoms with E-state index >= 15 is 0 Å². The first-order valence-corrected chi connectivity index (χ1v) is 5.45. The van der Waals surface area contributed by atoms with Gasteiger partial charge >= 0.3 is 0 Å². The fourth-order valence-corrected chi connectivity index (χ4v) is 1.25. The molecule has 0 heterocycles. The van der Waals surface area contributed by atoms with Crippen LogP contribution < -0.4 is 10.6 Å². The smallest absolute Gasteiger partial charge is 0.224 e. The molecule has 92 valence electrons. The molecule has 0 saturated carbocycles. The van der Waals surface area contributed by atoms with Gasteiger partial charge < -0.3 is 10.6 Å². The quantitative estimate of drug-likeness (QED) is 0.740. The average molecular weight is 237 g/mol. The zero-order valence-electron chi connectivity index (χ0n) is 10.5. The van der Waals surface area contributed by atoms with Crippen LogP contribution in [0.5, 0.6) is 0 Å². The number of hydrogen-bond donors (Lipinski definition) is 2. The lowest BCUT2D eigenvalue weighted by molar-refractivity contribution is -0.126. The third-order valence-corrected chi connectivity index (χ3v) is 2.94. The van der Waals surface area contributed by atoms with Gasteiger partial charge in [0.2, 0.25) is 5.91 Å². The first-order valence-electron chi connectivity index (χ1n) is 5.45. The van der Waals surface area contributed by atoms with Gasteiger partial charge in [-0.05, 0) is 26.8 Å². The van der Waals surface area contributed by atoms with Crippen molar-refractivity contribution < 1.29 is 4.79 Å². The summed E-state index contributed by atoms with van der Waals surface area (Å²) >= 11 is 0. The van der Waals surface area contributed by atoms with E-state index in [1.807, 2.05) is 14.0 Å². The summed E-state index contributed by atoms with van der Waals surface area (Å²) in [6.07, 6.45) is 1.95. The summed E-state index contributed by atoms with van der Waals surface area (Å²) < 4.78 is 0. The van der Waals surface area contributed by atoms with E-state index in [9.17, 15) is 4.79 Å². The highest BCUT2D eigenvalue weighted by Crippen LogP contribution is 2.14. The molecule has 0 aromatic rings. The zero-order chi connectivity index (χ0) is 11.2. The predicted octanol–water partition coefficient (Wildman–Crippen LogP) is 1.96. The molecule has 1 unspecified atom stereocenters. The van der Waals surface area contributed by atoms with Crippen LogP contribution in [0.25, 0.3) is 0 Å². The molecule has 0 aliphatic heterocycles. The molecule has 0 spiro atoms. The highest BCUT2D eigenvalue weighted by atomic mass is 35.5. The molecule has 0 radical (unpaired) electrons. The van der Waals surface area contributed by atoms with Gasteiger partial charge in [0, 0.05) is 18.0 Å². The van der Waals surface area contributed by atoms with E-state index in [1.165, 1.54) is 0 Å². The zero-order valence-corrected chi connectivity index (χ0v) is 11.3. The Morgan fingerprint density at radius 2 is 1.80 bits per heavy atom. The largest absolute Gasteiger partial charge is 0.351 e. The second kappa shape index (κ2) is 7.94. The van der Waals surface area contributed by atoms with Crippen LogP contribution in [0.15, 0.2) is 0 Å². The minimum absolute atomic E-state index is 0. The fourth-order valence-electron chi connectivity index (χ4n) is 1.25. The second-order valence-electron chi connectivity index (χ2n) is 4.22. The van der Waals surface area contributed by atoms with Gasteiger partial charge in [0.05, 0.1) is 0 Å². The van der Waals surface area contributed by atoms with Crippen LogP contribution in [-0.2, 0) is 4.79 Å². The van der Waals surface area contributed by atoms with E-state index in [4.69, 9.17) is 0 Å². The van der Waals surface area contributed by atoms with E-state index < -0.39 is 0 Å². The van der Waals surface area contributed by atoms with Crippen LogP contribution in [0, 0.1) is 5.92 Å². The third kappa shape index (κ3) is 6.00. The maximum Gasteiger partial charge on any atom is 0.224 e. The van der Waals surface area contributed by atoms with Crippen molar-refractivity contribution in [3.63, 3.8) is 0 Å². The highest BCUT2D eigenvalue weighted by Gasteiger charge is 2.24. The third-order valence-electron chi connectivity index (χ3n) is 2.94. The highest BCUT2D eigenvalue weighted by molar-refractivity contribution is 5.85. The molecule has 0 aliphatic carbocycles. The number of halogens is 1. The van der Waals surface area contributed by atoms with Crippen molar-refractivity contribution in [1.29, 1.82) is 0 Å². The molecule has 2 N–H and O–H groups in total. The number of carbonyl (C=O) groups is 1. The van der Waals surface area contributed by atoms with Gasteiger partial charge in [-0.1, -0.05) is 20.8 Å². The summed E-state index contributed by atoms with van der Waals surface area (Å²) in [5.74, 6) is 0.183. The molecule has 1 atom stereocenters. The lowest BCUT2D eigenvalue weighted by atomic mass is 9.94. The molecular weight excluding hydrogens is 212 g/mol. The maximum atomic E-state index is 11.7. The molecule has 0 rings (SSSR count). The van der Waals surface area contributed by atoms with Crippen LogP contribution in [0.4, 0.5) is 0 Å². The van der Waals surface area contributed by atoms with Crippen LogP contribution in [0.2, 0.25) is 0 Å². The predicted molar refractivity (Wildman–Crippen MR) is 67.5 cm³/mol. The van der Waals surface area contributed by atoms with Gasteiger partial charge in [-0.2, -0.15) is 0 Å². The molecule has 0 aromatic carbocycles. The molecule has 0 fully saturated rings. The number of nitrogens with one attached hydrogen (secondary N) is 2. The molecule has 4 heteroatoms. The lowest BCUT2D eigenvalue weighted by Gasteiger charge is -2.29. The Morgan fingerprint density at radius 3 is 2.13 bits per heavy atom. The summed E-state index contributed by atoms with van der Waals surface area (Å²) in [5.41, 5.74) is -0.0426. The molecule has 0 bridgehead atoms. The molecule has 3 nitrogen and oxygen atoms in total. The van der Waals surface area contributed by atoms with E-state index in [0.29, 0.717) is 0 Å². The monoisotopic (exact) mass is 236 g/mol. The molecule has 0 aromatic heterocycles. The molecule has 0 aliphatic rings. The lowest BCUT2D eigenvalue weighted by Crippen LogP contribution is -2.48. The van der Waals surface area contributed by atoms with Crippen molar-refractivity contribution in [2.24, 2.45) is 5.92 Å². The molecule has 15 heavy (non-hydrogen) atoms. The Hall–Kier alpha value is -0.280. The van der Waals surface area contributed by atoms with E-state index in [0.717, 1.165) is 19.4 Å². The van der Waals surface area contributed by atoms with Crippen molar-refractivity contribution in [3.8, 4) is 0 Å². The fraction of sp³-hybridized carbons (Fsp3) is 0.909. The van der Waals surface area contributed by atoms with Crippen molar-refractivity contribution in [2.45, 2.75) is 46.1 Å². The van der Waals surface area contributed by atoms with Crippen LogP contribution >= 0.6 is 12.4 Å². The van der Waals surface area contributed by atoms with Crippen LogP contribution in [0.1, 0.15) is 40.5 Å². The maximum absolute atomic E-state index is 11.7. The average Bonchev–Trinajstić information content (AvgIpc) is 2.18. The SMILES string of the molecule is CCC(C)(CC)NC(=O)C(C)CNC.Cl. The Labute approximate surface area is 99.8 Å². The van der Waals surface area contributed by atoms with Gasteiger partial charge in [0.25, 0.3) is 0 Å². The Bertz CT molecular complexity index is 181. The normalized spacial score (nSPS) is 12.9. The Morgan fingerprint density at radius 1 is 1.33 bits per heavy atom. The molecule has 1 amide bonds. The standard InChI is InChI=1S/C11H24N2O.ClH/c1-6-11(4,7-2)13-10(14)9(3)8-12-5;/h9,12H,6-8H2,1-5H3,(H,13,14);1H. The summed E-state index contributed by atoms with van der Waals surface area (Å²) in [6, 6.07) is 0.